The summed E-state index contributed by atoms with van der Waals surface area (Å²) in [4.78, 5) is 26.0. The lowest BCUT2D eigenvalue weighted by Gasteiger charge is -2.12. The Labute approximate surface area is 211 Å². The first-order chi connectivity index (χ1) is 17.5. The number of ether oxygens (including phenoxy) is 1. The summed E-state index contributed by atoms with van der Waals surface area (Å²) >= 11 is 6.27. The van der Waals surface area contributed by atoms with E-state index in [1.54, 1.807) is 62.1 Å². The van der Waals surface area contributed by atoms with Crippen LogP contribution in [0, 0.1) is 0 Å². The van der Waals surface area contributed by atoms with Gasteiger partial charge in [-0.05, 0) is 41.5 Å². The summed E-state index contributed by atoms with van der Waals surface area (Å²) in [5.41, 5.74) is 3.52. The highest BCUT2D eigenvalue weighted by Gasteiger charge is 2.12. The number of hydrogen-bond donors (Lipinski definition) is 2. The van der Waals surface area contributed by atoms with Gasteiger partial charge in [-0.3, -0.25) is 14.7 Å². The van der Waals surface area contributed by atoms with Gasteiger partial charge in [0.2, 0.25) is 0 Å². The van der Waals surface area contributed by atoms with Crippen LogP contribution in [0.15, 0.2) is 84.0 Å². The number of amides is 1. The van der Waals surface area contributed by atoms with E-state index in [0.717, 1.165) is 22.1 Å². The summed E-state index contributed by atoms with van der Waals surface area (Å²) in [6.07, 6.45) is 5.15. The second-order valence-electron chi connectivity index (χ2n) is 8.20. The average molecular weight is 500 g/mol. The maximum Gasteiger partial charge on any atom is 0.274 e. The topological polar surface area (TPSA) is 102 Å². The molecule has 5 rings (SSSR count). The van der Waals surface area contributed by atoms with Crippen molar-refractivity contribution in [2.45, 2.75) is 13.1 Å². The molecule has 0 spiro atoms. The zero-order chi connectivity index (χ0) is 25.1. The number of halogens is 1. The monoisotopic (exact) mass is 499 g/mol. The van der Waals surface area contributed by atoms with Crippen LogP contribution < -0.4 is 15.6 Å². The minimum atomic E-state index is -0.262. The van der Waals surface area contributed by atoms with Gasteiger partial charge in [0.1, 0.15) is 5.75 Å². The third-order valence-electron chi connectivity index (χ3n) is 5.93. The molecule has 0 fully saturated rings. The van der Waals surface area contributed by atoms with Crippen molar-refractivity contribution in [2.75, 3.05) is 7.11 Å². The number of carbonyl (C=O) groups is 1. The summed E-state index contributed by atoms with van der Waals surface area (Å²) < 4.78 is 6.74. The van der Waals surface area contributed by atoms with Crippen LogP contribution in [-0.4, -0.2) is 33.0 Å². The van der Waals surface area contributed by atoms with Crippen LogP contribution in [0.3, 0.4) is 0 Å². The molecule has 0 atom stereocenters. The van der Waals surface area contributed by atoms with Gasteiger partial charge in [0.05, 0.1) is 31.4 Å². The summed E-state index contributed by atoms with van der Waals surface area (Å²) in [6, 6.07) is 18.1. The van der Waals surface area contributed by atoms with Crippen LogP contribution in [0.25, 0.3) is 21.9 Å². The van der Waals surface area contributed by atoms with E-state index in [2.05, 4.69) is 20.6 Å². The molecule has 0 aliphatic rings. The van der Waals surface area contributed by atoms with E-state index >= 15 is 0 Å². The molecule has 0 aliphatic carbocycles. The van der Waals surface area contributed by atoms with Gasteiger partial charge in [-0.25, -0.2) is 4.68 Å². The molecule has 2 aromatic heterocycles. The second-order valence-corrected chi connectivity index (χ2v) is 8.61. The Balaban J connectivity index is 1.36. The van der Waals surface area contributed by atoms with E-state index in [-0.39, 0.29) is 24.6 Å². The zero-order valence-electron chi connectivity index (χ0n) is 19.4. The van der Waals surface area contributed by atoms with Gasteiger partial charge in [0.25, 0.3) is 11.5 Å². The summed E-state index contributed by atoms with van der Waals surface area (Å²) in [6.45, 7) is 0.445. The Morgan fingerprint density at radius 1 is 1.08 bits per heavy atom. The minimum absolute atomic E-state index is 0.210. The van der Waals surface area contributed by atoms with Crippen molar-refractivity contribution in [1.82, 2.24) is 25.3 Å². The number of aromatic amines is 1. The normalized spacial score (nSPS) is 10.9. The smallest absolute Gasteiger partial charge is 0.274 e. The lowest BCUT2D eigenvalue weighted by Crippen LogP contribution is -2.25. The Morgan fingerprint density at radius 2 is 1.94 bits per heavy atom. The van der Waals surface area contributed by atoms with Crippen molar-refractivity contribution in [3.63, 3.8) is 0 Å². The predicted octanol–water partition coefficient (Wildman–Crippen LogP) is 4.43. The molecule has 8 nitrogen and oxygen atoms in total. The number of H-pyrrole nitrogens is 1. The van der Waals surface area contributed by atoms with Gasteiger partial charge in [-0.2, -0.15) is 10.2 Å². The number of hydrogen-bond acceptors (Lipinski definition) is 5. The SMILES string of the molecule is COc1cccc(Cl)c1CNC(=O)c1cccc(Cn2ncc3ccc(-c4cn[nH]c4)cc3c2=O)c1. The van der Waals surface area contributed by atoms with E-state index in [1.807, 2.05) is 24.3 Å². The van der Waals surface area contributed by atoms with Crippen molar-refractivity contribution in [3.05, 3.63) is 111 Å². The minimum Gasteiger partial charge on any atom is -0.496 e. The molecule has 0 radical (unpaired) electrons. The standard InChI is InChI=1S/C27H22ClN5O3/c1-36-25-7-3-6-24(28)23(25)15-29-26(34)19-5-2-4-17(10-19)16-33-27(35)22-11-18(21-12-30-31-13-21)8-9-20(22)14-32-33/h2-14H,15-16H2,1H3,(H,29,34)(H,30,31). The first-order valence-electron chi connectivity index (χ1n) is 11.2. The molecule has 0 saturated heterocycles. The quantitative estimate of drug-likeness (QED) is 0.345. The van der Waals surface area contributed by atoms with E-state index in [0.29, 0.717) is 27.3 Å². The zero-order valence-corrected chi connectivity index (χ0v) is 20.1. The first-order valence-corrected chi connectivity index (χ1v) is 11.6. The fraction of sp³-hybridized carbons (Fsp3) is 0.111. The molecular weight excluding hydrogens is 478 g/mol. The maximum absolute atomic E-state index is 13.2. The van der Waals surface area contributed by atoms with Gasteiger partial charge >= 0.3 is 0 Å². The number of methoxy groups -OCH3 is 1. The number of aromatic nitrogens is 4. The number of carbonyl (C=O) groups excluding carboxylic acids is 1. The van der Waals surface area contributed by atoms with Gasteiger partial charge in [-0.15, -0.1) is 0 Å². The van der Waals surface area contributed by atoms with Gasteiger partial charge in [0.15, 0.2) is 0 Å². The average Bonchev–Trinajstić information content (AvgIpc) is 3.44. The van der Waals surface area contributed by atoms with Crippen LogP contribution in [0.2, 0.25) is 5.02 Å². The lowest BCUT2D eigenvalue weighted by atomic mass is 10.1. The Kier molecular flexibility index (Phi) is 6.51. The molecule has 5 aromatic rings. The third kappa shape index (κ3) is 4.71. The predicted molar refractivity (Wildman–Crippen MR) is 138 cm³/mol. The van der Waals surface area contributed by atoms with Gasteiger partial charge < -0.3 is 10.1 Å². The van der Waals surface area contributed by atoms with Crippen molar-refractivity contribution < 1.29 is 9.53 Å². The van der Waals surface area contributed by atoms with Crippen molar-refractivity contribution >= 4 is 28.3 Å². The first kappa shape index (κ1) is 23.3. The van der Waals surface area contributed by atoms with Crippen LogP contribution in [-0.2, 0) is 13.1 Å². The molecule has 9 heteroatoms. The molecule has 0 bridgehead atoms. The molecule has 180 valence electrons. The fourth-order valence-corrected chi connectivity index (χ4v) is 4.27. The summed E-state index contributed by atoms with van der Waals surface area (Å²) in [5, 5.41) is 15.8. The van der Waals surface area contributed by atoms with Crippen LogP contribution in [0.5, 0.6) is 5.75 Å². The van der Waals surface area contributed by atoms with Gasteiger partial charge in [0, 0.05) is 39.8 Å². The Morgan fingerprint density at radius 3 is 2.75 bits per heavy atom. The van der Waals surface area contributed by atoms with E-state index < -0.39 is 0 Å². The molecule has 0 saturated carbocycles. The molecule has 0 aliphatic heterocycles. The van der Waals surface area contributed by atoms with Crippen LogP contribution >= 0.6 is 11.6 Å². The summed E-state index contributed by atoms with van der Waals surface area (Å²) in [7, 11) is 1.56. The molecular formula is C27H22ClN5O3. The van der Waals surface area contributed by atoms with Crippen LogP contribution in [0.4, 0.5) is 0 Å². The van der Waals surface area contributed by atoms with E-state index in [4.69, 9.17) is 16.3 Å². The summed E-state index contributed by atoms with van der Waals surface area (Å²) in [5.74, 6) is 0.344. The molecule has 1 amide bonds. The fourth-order valence-electron chi connectivity index (χ4n) is 4.03. The number of fused-ring (bicyclic) bond motifs is 1. The number of nitrogens with zero attached hydrogens (tertiary/aromatic N) is 3. The van der Waals surface area contributed by atoms with E-state index in [1.165, 1.54) is 4.68 Å². The molecule has 3 aromatic carbocycles. The Hall–Kier alpha value is -4.43. The van der Waals surface area contributed by atoms with Crippen LogP contribution in [0.1, 0.15) is 21.5 Å². The molecule has 36 heavy (non-hydrogen) atoms. The van der Waals surface area contributed by atoms with Crippen molar-refractivity contribution in [1.29, 1.82) is 0 Å². The highest BCUT2D eigenvalue weighted by Crippen LogP contribution is 2.26. The second kappa shape index (κ2) is 10.1. The molecule has 2 N–H and O–H groups in total. The Bertz CT molecular complexity index is 1610. The maximum atomic E-state index is 13.2. The van der Waals surface area contributed by atoms with Crippen molar-refractivity contribution in [3.8, 4) is 16.9 Å². The third-order valence-corrected chi connectivity index (χ3v) is 6.28. The number of benzene rings is 3. The molecule has 2 heterocycles. The molecule has 0 unspecified atom stereocenters. The largest absolute Gasteiger partial charge is 0.496 e. The van der Waals surface area contributed by atoms with Crippen molar-refractivity contribution in [2.24, 2.45) is 0 Å². The van der Waals surface area contributed by atoms with Gasteiger partial charge in [-0.1, -0.05) is 41.9 Å². The number of rotatable bonds is 7. The highest BCUT2D eigenvalue weighted by molar-refractivity contribution is 6.31. The van der Waals surface area contributed by atoms with E-state index in [9.17, 15) is 9.59 Å². The number of nitrogens with one attached hydrogen (secondary N) is 2. The highest BCUT2D eigenvalue weighted by atomic mass is 35.5. The lowest BCUT2D eigenvalue weighted by molar-refractivity contribution is 0.0950.